The van der Waals surface area contributed by atoms with Crippen LogP contribution in [0.15, 0.2) is 48.1 Å². The lowest BCUT2D eigenvalue weighted by Gasteiger charge is -2.02. The van der Waals surface area contributed by atoms with Crippen LogP contribution in [0.4, 0.5) is 5.69 Å². The van der Waals surface area contributed by atoms with E-state index in [0.29, 0.717) is 5.69 Å². The van der Waals surface area contributed by atoms with E-state index in [1.807, 2.05) is 16.0 Å². The van der Waals surface area contributed by atoms with Gasteiger partial charge < -0.3 is 10.4 Å². The van der Waals surface area contributed by atoms with Gasteiger partial charge in [0.15, 0.2) is 4.96 Å². The van der Waals surface area contributed by atoms with Gasteiger partial charge in [-0.3, -0.25) is 9.20 Å². The second kappa shape index (κ2) is 5.82. The number of thiazole rings is 1. The number of carbonyl (C=O) groups is 2. The molecule has 0 fully saturated rings. The summed E-state index contributed by atoms with van der Waals surface area (Å²) in [6, 6.07) is 5.97. The maximum Gasteiger partial charge on any atom is 0.335 e. The zero-order valence-electron chi connectivity index (χ0n) is 11.3. The fraction of sp³-hybridized carbons (Fsp3) is 0. The normalized spacial score (nSPS) is 11.1. The molecule has 2 N–H and O–H groups in total. The fourth-order valence-corrected chi connectivity index (χ4v) is 2.61. The molecule has 3 rings (SSSR count). The Morgan fingerprint density at radius 3 is 2.77 bits per heavy atom. The Labute approximate surface area is 129 Å². The number of amides is 1. The zero-order chi connectivity index (χ0) is 15.5. The molecule has 1 amide bonds. The van der Waals surface area contributed by atoms with Crippen LogP contribution < -0.4 is 5.32 Å². The number of benzene rings is 1. The van der Waals surface area contributed by atoms with Gasteiger partial charge in [0.25, 0.3) is 0 Å². The van der Waals surface area contributed by atoms with E-state index in [-0.39, 0.29) is 11.5 Å². The molecule has 0 saturated heterocycles. The highest BCUT2D eigenvalue weighted by Gasteiger charge is 2.04. The van der Waals surface area contributed by atoms with E-state index in [9.17, 15) is 9.59 Å². The first-order valence-corrected chi connectivity index (χ1v) is 7.24. The van der Waals surface area contributed by atoms with E-state index in [2.05, 4.69) is 10.3 Å². The van der Waals surface area contributed by atoms with Gasteiger partial charge in [0, 0.05) is 23.3 Å². The average Bonchev–Trinajstić information content (AvgIpc) is 3.09. The van der Waals surface area contributed by atoms with E-state index >= 15 is 0 Å². The molecule has 6 nitrogen and oxygen atoms in total. The van der Waals surface area contributed by atoms with Crippen LogP contribution in [-0.2, 0) is 4.79 Å². The molecule has 0 aliphatic carbocycles. The molecular weight excluding hydrogens is 302 g/mol. The Morgan fingerprint density at radius 2 is 2.05 bits per heavy atom. The number of carboxylic acid groups (broad SMARTS) is 1. The van der Waals surface area contributed by atoms with Gasteiger partial charge in [0.2, 0.25) is 5.91 Å². The van der Waals surface area contributed by atoms with Crippen molar-refractivity contribution in [2.24, 2.45) is 0 Å². The summed E-state index contributed by atoms with van der Waals surface area (Å²) in [6.45, 7) is 0. The predicted octanol–water partition coefficient (Wildman–Crippen LogP) is 2.75. The van der Waals surface area contributed by atoms with Crippen LogP contribution in [0, 0.1) is 0 Å². The van der Waals surface area contributed by atoms with Gasteiger partial charge >= 0.3 is 5.97 Å². The molecule has 0 spiro atoms. The molecule has 0 aliphatic rings. The number of aromatic nitrogens is 2. The van der Waals surface area contributed by atoms with Crippen LogP contribution in [0.1, 0.15) is 16.1 Å². The predicted molar refractivity (Wildman–Crippen MR) is 84.1 cm³/mol. The summed E-state index contributed by atoms with van der Waals surface area (Å²) in [7, 11) is 0. The lowest BCUT2D eigenvalue weighted by Crippen LogP contribution is -2.08. The van der Waals surface area contributed by atoms with Crippen molar-refractivity contribution in [2.75, 3.05) is 5.32 Å². The zero-order valence-corrected chi connectivity index (χ0v) is 12.1. The quantitative estimate of drug-likeness (QED) is 0.725. The van der Waals surface area contributed by atoms with Crippen LogP contribution >= 0.6 is 11.3 Å². The molecule has 2 aromatic heterocycles. The van der Waals surface area contributed by atoms with Gasteiger partial charge in [-0.25, -0.2) is 9.78 Å². The minimum Gasteiger partial charge on any atom is -0.478 e. The standard InChI is InChI=1S/C15H11N3O3S/c19-13(17-11-3-1-10(2-4-11)14(20)21)6-5-12-9-16-15-18(12)7-8-22-15/h1-9H,(H,17,19)(H,20,21)/b6-5+. The Kier molecular flexibility index (Phi) is 3.71. The Bertz CT molecular complexity index is 862. The highest BCUT2D eigenvalue weighted by atomic mass is 32.1. The van der Waals surface area contributed by atoms with E-state index < -0.39 is 5.97 Å². The molecule has 1 aromatic carbocycles. The summed E-state index contributed by atoms with van der Waals surface area (Å²) in [6.07, 6.45) is 6.66. The van der Waals surface area contributed by atoms with Crippen LogP contribution in [0.2, 0.25) is 0 Å². The van der Waals surface area contributed by atoms with Crippen LogP contribution in [-0.4, -0.2) is 26.4 Å². The van der Waals surface area contributed by atoms with Crippen molar-refractivity contribution in [3.8, 4) is 0 Å². The largest absolute Gasteiger partial charge is 0.478 e. The number of nitrogens with one attached hydrogen (secondary N) is 1. The van der Waals surface area contributed by atoms with Gasteiger partial charge in [-0.05, 0) is 30.3 Å². The van der Waals surface area contributed by atoms with Crippen LogP contribution in [0.25, 0.3) is 11.0 Å². The molecule has 0 atom stereocenters. The molecule has 22 heavy (non-hydrogen) atoms. The highest BCUT2D eigenvalue weighted by Crippen LogP contribution is 2.14. The van der Waals surface area contributed by atoms with Gasteiger partial charge in [-0.15, -0.1) is 11.3 Å². The molecule has 0 unspecified atom stereocenters. The number of hydrogen-bond donors (Lipinski definition) is 2. The van der Waals surface area contributed by atoms with Gasteiger partial charge in [-0.1, -0.05) is 0 Å². The number of aromatic carboxylic acids is 1. The highest BCUT2D eigenvalue weighted by molar-refractivity contribution is 7.15. The Balaban J connectivity index is 1.68. The van der Waals surface area contributed by atoms with Crippen molar-refractivity contribution in [3.05, 3.63) is 59.4 Å². The van der Waals surface area contributed by atoms with Crippen LogP contribution in [0.3, 0.4) is 0 Å². The third-order valence-corrected chi connectivity index (χ3v) is 3.75. The molecular formula is C15H11N3O3S. The number of rotatable bonds is 4. The monoisotopic (exact) mass is 313 g/mol. The SMILES string of the molecule is O=C(/C=C/c1cnc2sccn12)Nc1ccc(C(=O)O)cc1. The number of carbonyl (C=O) groups excluding carboxylic acids is 1. The smallest absolute Gasteiger partial charge is 0.335 e. The van der Waals surface area contributed by atoms with E-state index in [4.69, 9.17) is 5.11 Å². The van der Waals surface area contributed by atoms with Gasteiger partial charge in [0.05, 0.1) is 17.5 Å². The average molecular weight is 313 g/mol. The van der Waals surface area contributed by atoms with Crippen molar-refractivity contribution in [3.63, 3.8) is 0 Å². The Morgan fingerprint density at radius 1 is 1.27 bits per heavy atom. The number of nitrogens with zero attached hydrogens (tertiary/aromatic N) is 2. The second-order valence-corrected chi connectivity index (χ2v) is 5.32. The first-order chi connectivity index (χ1) is 10.6. The van der Waals surface area contributed by atoms with E-state index in [1.54, 1.807) is 24.4 Å². The fourth-order valence-electron chi connectivity index (χ4n) is 1.91. The van der Waals surface area contributed by atoms with E-state index in [0.717, 1.165) is 10.7 Å². The molecule has 7 heteroatoms. The number of fused-ring (bicyclic) bond motifs is 1. The third kappa shape index (κ3) is 2.89. The molecule has 2 heterocycles. The maximum absolute atomic E-state index is 11.9. The van der Waals surface area contributed by atoms with Crippen molar-refractivity contribution < 1.29 is 14.7 Å². The maximum atomic E-state index is 11.9. The summed E-state index contributed by atoms with van der Waals surface area (Å²) >= 11 is 1.52. The molecule has 3 aromatic rings. The van der Waals surface area contributed by atoms with E-state index in [1.165, 1.54) is 29.5 Å². The minimum absolute atomic E-state index is 0.174. The lowest BCUT2D eigenvalue weighted by molar-refractivity contribution is -0.111. The number of carboxylic acids is 1. The van der Waals surface area contributed by atoms with Crippen molar-refractivity contribution >= 4 is 39.9 Å². The molecule has 0 aliphatic heterocycles. The van der Waals surface area contributed by atoms with Gasteiger partial charge in [0.1, 0.15) is 0 Å². The number of anilines is 1. The van der Waals surface area contributed by atoms with Crippen LogP contribution in [0.5, 0.6) is 0 Å². The van der Waals surface area contributed by atoms with Crippen molar-refractivity contribution in [1.29, 1.82) is 0 Å². The Hall–Kier alpha value is -2.93. The molecule has 110 valence electrons. The van der Waals surface area contributed by atoms with Crippen molar-refractivity contribution in [2.45, 2.75) is 0 Å². The lowest BCUT2D eigenvalue weighted by atomic mass is 10.2. The third-order valence-electron chi connectivity index (χ3n) is 2.98. The molecule has 0 radical (unpaired) electrons. The summed E-state index contributed by atoms with van der Waals surface area (Å²) in [5, 5.41) is 13.4. The molecule has 0 bridgehead atoms. The minimum atomic E-state index is -1.00. The summed E-state index contributed by atoms with van der Waals surface area (Å²) in [5.41, 5.74) is 1.52. The number of hydrogen-bond acceptors (Lipinski definition) is 4. The second-order valence-electron chi connectivity index (χ2n) is 4.44. The first-order valence-electron chi connectivity index (χ1n) is 6.36. The van der Waals surface area contributed by atoms with Gasteiger partial charge in [-0.2, -0.15) is 0 Å². The summed E-state index contributed by atoms with van der Waals surface area (Å²) in [4.78, 5) is 27.7. The molecule has 0 saturated carbocycles. The van der Waals surface area contributed by atoms with Crippen molar-refractivity contribution in [1.82, 2.24) is 9.38 Å². The summed E-state index contributed by atoms with van der Waals surface area (Å²) < 4.78 is 1.89. The summed E-state index contributed by atoms with van der Waals surface area (Å²) in [5.74, 6) is -1.30. The topological polar surface area (TPSA) is 83.7 Å². The first kappa shape index (κ1) is 14.0. The number of imidazole rings is 1.